The molecule has 2 unspecified atom stereocenters. The van der Waals surface area contributed by atoms with E-state index in [0.717, 1.165) is 30.7 Å². The topological polar surface area (TPSA) is 64.3 Å². The standard InChI is InChI=1S/C14H20N2O2/c1-2-18-11-7-5-10(6-8-11)13-12(14(15)17)4-3-9-16-13/h5-8,12-13,16H,2-4,9H2,1H3,(H2,15,17). The molecule has 1 heterocycles. The molecule has 1 aromatic carbocycles. The fourth-order valence-corrected chi connectivity index (χ4v) is 2.48. The van der Waals surface area contributed by atoms with Crippen LogP contribution in [0.5, 0.6) is 5.75 Å². The van der Waals surface area contributed by atoms with Crippen molar-refractivity contribution in [3.63, 3.8) is 0 Å². The van der Waals surface area contributed by atoms with E-state index in [1.165, 1.54) is 0 Å². The van der Waals surface area contributed by atoms with Crippen LogP contribution in [-0.2, 0) is 4.79 Å². The summed E-state index contributed by atoms with van der Waals surface area (Å²) in [5, 5.41) is 3.38. The molecule has 98 valence electrons. The Bertz CT molecular complexity index is 403. The minimum absolute atomic E-state index is 0.0342. The number of primary amides is 1. The van der Waals surface area contributed by atoms with Crippen molar-refractivity contribution in [2.75, 3.05) is 13.2 Å². The first kappa shape index (κ1) is 12.9. The Kier molecular flexibility index (Phi) is 4.20. The number of hydrogen-bond acceptors (Lipinski definition) is 3. The molecule has 0 saturated carbocycles. The van der Waals surface area contributed by atoms with E-state index < -0.39 is 0 Å². The van der Waals surface area contributed by atoms with Crippen molar-refractivity contribution in [3.05, 3.63) is 29.8 Å². The number of nitrogens with one attached hydrogen (secondary N) is 1. The molecule has 0 radical (unpaired) electrons. The summed E-state index contributed by atoms with van der Waals surface area (Å²) in [6.45, 7) is 3.55. The number of piperidine rings is 1. The molecule has 4 nitrogen and oxygen atoms in total. The van der Waals surface area contributed by atoms with E-state index in [0.29, 0.717) is 6.61 Å². The molecule has 1 fully saturated rings. The maximum absolute atomic E-state index is 11.5. The third kappa shape index (κ3) is 2.82. The summed E-state index contributed by atoms with van der Waals surface area (Å²) in [6, 6.07) is 7.92. The fraction of sp³-hybridized carbons (Fsp3) is 0.500. The molecule has 1 aromatic rings. The summed E-state index contributed by atoms with van der Waals surface area (Å²) in [5.74, 6) is 0.519. The van der Waals surface area contributed by atoms with Crippen molar-refractivity contribution in [2.24, 2.45) is 11.7 Å². The highest BCUT2D eigenvalue weighted by Gasteiger charge is 2.30. The van der Waals surface area contributed by atoms with E-state index in [1.807, 2.05) is 31.2 Å². The van der Waals surface area contributed by atoms with Gasteiger partial charge in [-0.25, -0.2) is 0 Å². The molecule has 1 aliphatic rings. The van der Waals surface area contributed by atoms with E-state index in [1.54, 1.807) is 0 Å². The first-order valence-corrected chi connectivity index (χ1v) is 6.48. The highest BCUT2D eigenvalue weighted by Crippen LogP contribution is 2.30. The zero-order chi connectivity index (χ0) is 13.0. The lowest BCUT2D eigenvalue weighted by Gasteiger charge is -2.31. The third-order valence-corrected chi connectivity index (χ3v) is 3.37. The van der Waals surface area contributed by atoms with Crippen LogP contribution < -0.4 is 15.8 Å². The lowest BCUT2D eigenvalue weighted by molar-refractivity contribution is -0.123. The smallest absolute Gasteiger partial charge is 0.222 e. The van der Waals surface area contributed by atoms with Crippen LogP contribution in [0.1, 0.15) is 31.4 Å². The van der Waals surface area contributed by atoms with Gasteiger partial charge in [-0.1, -0.05) is 12.1 Å². The van der Waals surface area contributed by atoms with Crippen molar-refractivity contribution >= 4 is 5.91 Å². The molecular weight excluding hydrogens is 228 g/mol. The Hall–Kier alpha value is -1.55. The van der Waals surface area contributed by atoms with Crippen molar-refractivity contribution in [2.45, 2.75) is 25.8 Å². The summed E-state index contributed by atoms with van der Waals surface area (Å²) in [7, 11) is 0. The van der Waals surface area contributed by atoms with Gasteiger partial charge in [-0.3, -0.25) is 4.79 Å². The SMILES string of the molecule is CCOc1ccc(C2NCCCC2C(N)=O)cc1. The molecule has 0 bridgehead atoms. The predicted molar refractivity (Wildman–Crippen MR) is 70.3 cm³/mol. The second-order valence-electron chi connectivity index (χ2n) is 4.58. The number of carbonyl (C=O) groups excluding carboxylic acids is 1. The lowest BCUT2D eigenvalue weighted by Crippen LogP contribution is -2.40. The third-order valence-electron chi connectivity index (χ3n) is 3.37. The number of ether oxygens (including phenoxy) is 1. The molecule has 1 amide bonds. The van der Waals surface area contributed by atoms with Gasteiger partial charge < -0.3 is 15.8 Å². The van der Waals surface area contributed by atoms with Gasteiger partial charge in [-0.05, 0) is 44.0 Å². The van der Waals surface area contributed by atoms with Gasteiger partial charge in [0.1, 0.15) is 5.75 Å². The van der Waals surface area contributed by atoms with Crippen LogP contribution in [0.4, 0.5) is 0 Å². The van der Waals surface area contributed by atoms with Crippen LogP contribution in [0.25, 0.3) is 0 Å². The van der Waals surface area contributed by atoms with E-state index in [9.17, 15) is 4.79 Å². The highest BCUT2D eigenvalue weighted by molar-refractivity contribution is 5.77. The Morgan fingerprint density at radius 3 is 2.78 bits per heavy atom. The Balaban J connectivity index is 2.15. The van der Waals surface area contributed by atoms with Gasteiger partial charge in [-0.15, -0.1) is 0 Å². The van der Waals surface area contributed by atoms with Gasteiger partial charge in [-0.2, -0.15) is 0 Å². The van der Waals surface area contributed by atoms with Crippen LogP contribution >= 0.6 is 0 Å². The quantitative estimate of drug-likeness (QED) is 0.851. The summed E-state index contributed by atoms with van der Waals surface area (Å²) in [4.78, 5) is 11.5. The average Bonchev–Trinajstić information content (AvgIpc) is 2.40. The Morgan fingerprint density at radius 2 is 2.17 bits per heavy atom. The zero-order valence-electron chi connectivity index (χ0n) is 10.7. The number of hydrogen-bond donors (Lipinski definition) is 2. The van der Waals surface area contributed by atoms with Crippen molar-refractivity contribution in [3.8, 4) is 5.75 Å². The summed E-state index contributed by atoms with van der Waals surface area (Å²) in [6.07, 6.45) is 1.86. The molecule has 2 atom stereocenters. The molecule has 1 saturated heterocycles. The minimum atomic E-state index is -0.221. The lowest BCUT2D eigenvalue weighted by atomic mass is 9.86. The fourth-order valence-electron chi connectivity index (χ4n) is 2.48. The summed E-state index contributed by atoms with van der Waals surface area (Å²) in [5.41, 5.74) is 6.57. The van der Waals surface area contributed by atoms with Gasteiger partial charge in [0.15, 0.2) is 0 Å². The Labute approximate surface area is 108 Å². The maximum Gasteiger partial charge on any atom is 0.222 e. The Morgan fingerprint density at radius 1 is 1.44 bits per heavy atom. The highest BCUT2D eigenvalue weighted by atomic mass is 16.5. The van der Waals surface area contributed by atoms with Crippen molar-refractivity contribution < 1.29 is 9.53 Å². The van der Waals surface area contributed by atoms with Gasteiger partial charge >= 0.3 is 0 Å². The molecule has 3 N–H and O–H groups in total. The molecular formula is C14H20N2O2. The first-order valence-electron chi connectivity index (χ1n) is 6.48. The number of amides is 1. The van der Waals surface area contributed by atoms with Crippen LogP contribution in [0.3, 0.4) is 0 Å². The normalized spacial score (nSPS) is 23.6. The number of nitrogens with two attached hydrogens (primary N) is 1. The summed E-state index contributed by atoms with van der Waals surface area (Å²) >= 11 is 0. The molecule has 0 aliphatic carbocycles. The van der Waals surface area contributed by atoms with Crippen LogP contribution in [0, 0.1) is 5.92 Å². The molecule has 4 heteroatoms. The van der Waals surface area contributed by atoms with Gasteiger partial charge in [0.05, 0.1) is 12.5 Å². The van der Waals surface area contributed by atoms with Crippen molar-refractivity contribution in [1.82, 2.24) is 5.32 Å². The van der Waals surface area contributed by atoms with Gasteiger partial charge in [0.2, 0.25) is 5.91 Å². The number of rotatable bonds is 4. The molecule has 2 rings (SSSR count). The second-order valence-corrected chi connectivity index (χ2v) is 4.58. The van der Waals surface area contributed by atoms with Crippen LogP contribution in [0.2, 0.25) is 0 Å². The molecule has 1 aliphatic heterocycles. The summed E-state index contributed by atoms with van der Waals surface area (Å²) < 4.78 is 5.41. The number of benzene rings is 1. The molecule has 0 aromatic heterocycles. The van der Waals surface area contributed by atoms with Gasteiger partial charge in [0.25, 0.3) is 0 Å². The number of carbonyl (C=O) groups is 1. The molecule has 0 spiro atoms. The maximum atomic E-state index is 11.5. The van der Waals surface area contributed by atoms with E-state index in [-0.39, 0.29) is 17.9 Å². The van der Waals surface area contributed by atoms with E-state index >= 15 is 0 Å². The monoisotopic (exact) mass is 248 g/mol. The minimum Gasteiger partial charge on any atom is -0.494 e. The first-order chi connectivity index (χ1) is 8.72. The van der Waals surface area contributed by atoms with Gasteiger partial charge in [0, 0.05) is 6.04 Å². The second kappa shape index (κ2) is 5.87. The largest absolute Gasteiger partial charge is 0.494 e. The van der Waals surface area contributed by atoms with Crippen LogP contribution in [0.15, 0.2) is 24.3 Å². The van der Waals surface area contributed by atoms with Crippen LogP contribution in [-0.4, -0.2) is 19.1 Å². The zero-order valence-corrected chi connectivity index (χ0v) is 10.7. The van der Waals surface area contributed by atoms with E-state index in [4.69, 9.17) is 10.5 Å². The molecule has 18 heavy (non-hydrogen) atoms. The van der Waals surface area contributed by atoms with Crippen molar-refractivity contribution in [1.29, 1.82) is 0 Å². The predicted octanol–water partition coefficient (Wildman–Crippen LogP) is 1.61. The average molecular weight is 248 g/mol. The van der Waals surface area contributed by atoms with E-state index in [2.05, 4.69) is 5.32 Å².